The molecule has 0 aromatic carbocycles. The van der Waals surface area contributed by atoms with Gasteiger partial charge in [-0.25, -0.2) is 0 Å². The Bertz CT molecular complexity index is 1480. The number of carbonyl (C=O) groups excluding carboxylic acids is 2. The SMILES string of the molecule is CC/C=C/C=C/C=C/C=C\CCCCCCCC(=O)OC1C(OCC(NC(=O)C(O)CCCCC/C=C/C/C=C/C/C=C/CC)C(O)/C=C/CCCCCCCCCCCC)OC(CO)C(O)C1O. The summed E-state index contributed by atoms with van der Waals surface area (Å²) < 4.78 is 17.5. The lowest BCUT2D eigenvalue weighted by atomic mass is 9.99. The maximum Gasteiger partial charge on any atom is 0.306 e. The van der Waals surface area contributed by atoms with Gasteiger partial charge in [-0.1, -0.05) is 208 Å². The summed E-state index contributed by atoms with van der Waals surface area (Å²) in [6.07, 6.45) is 48.8. The first-order valence-electron chi connectivity index (χ1n) is 27.1. The minimum atomic E-state index is -1.63. The first-order chi connectivity index (χ1) is 33.7. The monoisotopic (exact) mass is 968 g/mol. The van der Waals surface area contributed by atoms with E-state index in [1.165, 1.54) is 44.9 Å². The molecule has 0 bridgehead atoms. The molecule has 0 radical (unpaired) electrons. The molecule has 1 aliphatic rings. The third kappa shape index (κ3) is 34.5. The van der Waals surface area contributed by atoms with E-state index in [1.54, 1.807) is 6.08 Å². The van der Waals surface area contributed by atoms with Gasteiger partial charge in [0.15, 0.2) is 12.4 Å². The fourth-order valence-electron chi connectivity index (χ4n) is 7.79. The molecule has 8 unspecified atom stereocenters. The molecule has 1 rings (SSSR count). The number of hydrogen-bond acceptors (Lipinski definition) is 10. The maximum absolute atomic E-state index is 13.3. The first kappa shape index (κ1) is 63.6. The second kappa shape index (κ2) is 45.7. The van der Waals surface area contributed by atoms with E-state index in [9.17, 15) is 35.1 Å². The minimum Gasteiger partial charge on any atom is -0.454 e. The summed E-state index contributed by atoms with van der Waals surface area (Å²) in [5.41, 5.74) is 0. The van der Waals surface area contributed by atoms with E-state index in [1.807, 2.05) is 42.5 Å². The van der Waals surface area contributed by atoms with Crippen molar-refractivity contribution in [1.82, 2.24) is 5.32 Å². The molecule has 1 saturated heterocycles. The fourth-order valence-corrected chi connectivity index (χ4v) is 7.79. The molecule has 1 heterocycles. The predicted molar refractivity (Wildman–Crippen MR) is 282 cm³/mol. The van der Waals surface area contributed by atoms with Crippen LogP contribution in [-0.4, -0.2) is 99.6 Å². The molecule has 0 aromatic rings. The number of aliphatic hydroxyl groups is 5. The van der Waals surface area contributed by atoms with Gasteiger partial charge in [-0.3, -0.25) is 9.59 Å². The van der Waals surface area contributed by atoms with E-state index in [-0.39, 0.29) is 19.4 Å². The molecule has 11 nitrogen and oxygen atoms in total. The van der Waals surface area contributed by atoms with E-state index in [0.29, 0.717) is 12.8 Å². The van der Waals surface area contributed by atoms with Gasteiger partial charge >= 0.3 is 5.97 Å². The second-order valence-electron chi connectivity index (χ2n) is 18.3. The van der Waals surface area contributed by atoms with Crippen molar-refractivity contribution in [3.05, 3.63) is 97.2 Å². The quantitative estimate of drug-likeness (QED) is 0.0149. The Balaban J connectivity index is 2.80. The zero-order valence-electron chi connectivity index (χ0n) is 43.1. The Morgan fingerprint density at radius 1 is 0.594 bits per heavy atom. The summed E-state index contributed by atoms with van der Waals surface area (Å²) >= 11 is 0. The number of esters is 1. The van der Waals surface area contributed by atoms with Crippen LogP contribution in [0.15, 0.2) is 97.2 Å². The zero-order chi connectivity index (χ0) is 50.4. The number of aliphatic hydroxyl groups excluding tert-OH is 5. The van der Waals surface area contributed by atoms with Gasteiger partial charge in [0.05, 0.1) is 25.4 Å². The van der Waals surface area contributed by atoms with Crippen LogP contribution in [0, 0.1) is 0 Å². The average Bonchev–Trinajstić information content (AvgIpc) is 3.34. The zero-order valence-corrected chi connectivity index (χ0v) is 43.1. The van der Waals surface area contributed by atoms with E-state index < -0.39 is 67.4 Å². The van der Waals surface area contributed by atoms with Gasteiger partial charge in [0.1, 0.15) is 24.4 Å². The summed E-state index contributed by atoms with van der Waals surface area (Å²) in [6.45, 7) is 5.47. The Labute approximate surface area is 418 Å². The standard InChI is InChI=1S/C58H97NO10/c1-4-7-10-13-16-19-22-25-26-28-31-34-37-40-43-46-53(63)69-56-55(65)54(64)52(47-60)68-58(56)67-48-49(50(61)44-41-38-35-32-29-24-21-18-15-12-9-6-3)59-57(66)51(62)45-42-39-36-33-30-27-23-20-17-14-11-8-5-2/h7-8,10-11,13,16-17,19-20,22,25-27,30,41,44,49-52,54-56,58,60-62,64-65H,4-6,9,12,14-15,18,21,23-24,28-29,31-40,42-43,45-48H2,1-3H3,(H,59,66)/b10-7+,11-8+,16-13+,20-17+,22-19+,26-25-,30-27+,44-41+. The molecule has 69 heavy (non-hydrogen) atoms. The predicted octanol–water partition coefficient (Wildman–Crippen LogP) is 11.6. The number of unbranched alkanes of at least 4 members (excludes halogenated alkanes) is 18. The van der Waals surface area contributed by atoms with Crippen molar-refractivity contribution < 1.29 is 49.3 Å². The van der Waals surface area contributed by atoms with E-state index in [2.05, 4.69) is 74.7 Å². The second-order valence-corrected chi connectivity index (χ2v) is 18.3. The van der Waals surface area contributed by atoms with E-state index in [0.717, 1.165) is 103 Å². The van der Waals surface area contributed by atoms with Gasteiger partial charge in [-0.15, -0.1) is 0 Å². The molecule has 8 atom stereocenters. The molecule has 6 N–H and O–H groups in total. The highest BCUT2D eigenvalue weighted by Gasteiger charge is 2.47. The number of allylic oxidation sites excluding steroid dienone is 15. The number of amides is 1. The highest BCUT2D eigenvalue weighted by molar-refractivity contribution is 5.80. The van der Waals surface area contributed by atoms with Crippen LogP contribution >= 0.6 is 0 Å². The number of nitrogens with one attached hydrogen (secondary N) is 1. The largest absolute Gasteiger partial charge is 0.454 e. The molecule has 394 valence electrons. The highest BCUT2D eigenvalue weighted by Crippen LogP contribution is 2.26. The molecule has 0 spiro atoms. The lowest BCUT2D eigenvalue weighted by Crippen LogP contribution is -2.61. The fraction of sp³-hybridized carbons (Fsp3) is 0.690. The van der Waals surface area contributed by atoms with Crippen LogP contribution in [0.25, 0.3) is 0 Å². The summed E-state index contributed by atoms with van der Waals surface area (Å²) in [5, 5.41) is 56.6. The smallest absolute Gasteiger partial charge is 0.306 e. The van der Waals surface area contributed by atoms with E-state index >= 15 is 0 Å². The molecule has 0 aromatic heterocycles. The van der Waals surface area contributed by atoms with Crippen molar-refractivity contribution in [2.75, 3.05) is 13.2 Å². The van der Waals surface area contributed by atoms with Crippen LogP contribution < -0.4 is 5.32 Å². The Morgan fingerprint density at radius 2 is 1.12 bits per heavy atom. The van der Waals surface area contributed by atoms with Crippen molar-refractivity contribution >= 4 is 11.9 Å². The average molecular weight is 968 g/mol. The highest BCUT2D eigenvalue weighted by atomic mass is 16.7. The van der Waals surface area contributed by atoms with Crippen molar-refractivity contribution in [2.24, 2.45) is 0 Å². The molecular formula is C58H97NO10. The van der Waals surface area contributed by atoms with Crippen LogP contribution in [0.2, 0.25) is 0 Å². The van der Waals surface area contributed by atoms with Crippen LogP contribution in [0.5, 0.6) is 0 Å². The third-order valence-electron chi connectivity index (χ3n) is 12.1. The van der Waals surface area contributed by atoms with Gasteiger partial charge in [0.25, 0.3) is 0 Å². The number of ether oxygens (including phenoxy) is 3. The van der Waals surface area contributed by atoms with Gasteiger partial charge in [-0.05, 0) is 77.0 Å². The number of hydrogen-bond donors (Lipinski definition) is 6. The minimum absolute atomic E-state index is 0.0893. The molecule has 11 heteroatoms. The Hall–Kier alpha value is -3.42. The number of carbonyl (C=O) groups is 2. The number of rotatable bonds is 43. The molecule has 1 aliphatic heterocycles. The summed E-state index contributed by atoms with van der Waals surface area (Å²) in [6, 6.07) is -1.04. The third-order valence-corrected chi connectivity index (χ3v) is 12.1. The topological polar surface area (TPSA) is 175 Å². The van der Waals surface area contributed by atoms with Gasteiger partial charge in [-0.2, -0.15) is 0 Å². The molecule has 1 fully saturated rings. The lowest BCUT2D eigenvalue weighted by Gasteiger charge is -2.41. The van der Waals surface area contributed by atoms with Crippen molar-refractivity contribution in [1.29, 1.82) is 0 Å². The summed E-state index contributed by atoms with van der Waals surface area (Å²) in [7, 11) is 0. The molecule has 0 aliphatic carbocycles. The van der Waals surface area contributed by atoms with Crippen LogP contribution in [-0.2, 0) is 23.8 Å². The van der Waals surface area contributed by atoms with Crippen LogP contribution in [0.1, 0.15) is 194 Å². The van der Waals surface area contributed by atoms with Crippen molar-refractivity contribution in [2.45, 2.75) is 243 Å². The van der Waals surface area contributed by atoms with Crippen LogP contribution in [0.4, 0.5) is 0 Å². The summed E-state index contributed by atoms with van der Waals surface area (Å²) in [4.78, 5) is 26.4. The molecule has 1 amide bonds. The normalized spacial score (nSPS) is 20.6. The van der Waals surface area contributed by atoms with Gasteiger partial charge < -0.3 is 45.1 Å². The van der Waals surface area contributed by atoms with Gasteiger partial charge in [0.2, 0.25) is 5.91 Å². The van der Waals surface area contributed by atoms with Crippen LogP contribution in [0.3, 0.4) is 0 Å². The Morgan fingerprint density at radius 3 is 1.74 bits per heavy atom. The molecule has 0 saturated carbocycles. The van der Waals surface area contributed by atoms with Crippen molar-refractivity contribution in [3.63, 3.8) is 0 Å². The maximum atomic E-state index is 13.3. The van der Waals surface area contributed by atoms with Gasteiger partial charge in [0, 0.05) is 6.42 Å². The van der Waals surface area contributed by atoms with Crippen molar-refractivity contribution in [3.8, 4) is 0 Å². The van der Waals surface area contributed by atoms with E-state index in [4.69, 9.17) is 14.2 Å². The first-order valence-corrected chi connectivity index (χ1v) is 27.1. The lowest BCUT2D eigenvalue weighted by molar-refractivity contribution is -0.305. The molecular weight excluding hydrogens is 871 g/mol. The Kier molecular flexibility index (Phi) is 42.1. The summed E-state index contributed by atoms with van der Waals surface area (Å²) in [5.74, 6) is -1.25.